The van der Waals surface area contributed by atoms with E-state index in [1.807, 2.05) is 0 Å². The number of sulfonamides is 1. The fraction of sp³-hybridized carbons (Fsp3) is 0.429. The van der Waals surface area contributed by atoms with Crippen LogP contribution in [0.2, 0.25) is 5.02 Å². The van der Waals surface area contributed by atoms with Crippen LogP contribution in [0.3, 0.4) is 0 Å². The molecule has 2 aromatic rings. The zero-order chi connectivity index (χ0) is 20.0. The lowest BCUT2D eigenvalue weighted by Crippen LogP contribution is -2.44. The monoisotopic (exact) mass is 421 g/mol. The van der Waals surface area contributed by atoms with Crippen molar-refractivity contribution >= 4 is 27.3 Å². The largest absolute Gasteiger partial charge is 0.369 e. The maximum Gasteiger partial charge on any atom is 0.215 e. The first-order valence-corrected chi connectivity index (χ1v) is 11.7. The van der Waals surface area contributed by atoms with Gasteiger partial charge in [0.2, 0.25) is 10.0 Å². The first-order valence-electron chi connectivity index (χ1n) is 9.66. The van der Waals surface area contributed by atoms with E-state index >= 15 is 0 Å². The van der Waals surface area contributed by atoms with Crippen LogP contribution in [-0.4, -0.2) is 53.1 Å². The van der Waals surface area contributed by atoms with Gasteiger partial charge in [0.1, 0.15) is 0 Å². The zero-order valence-electron chi connectivity index (χ0n) is 16.3. The van der Waals surface area contributed by atoms with Crippen LogP contribution < -0.4 is 9.62 Å². The molecule has 0 saturated carbocycles. The molecular formula is C21H28ClN3O2S. The number of hydrogen-bond donors (Lipinski definition) is 1. The van der Waals surface area contributed by atoms with Crippen molar-refractivity contribution in [3.63, 3.8) is 0 Å². The van der Waals surface area contributed by atoms with Crippen molar-refractivity contribution < 1.29 is 8.42 Å². The number of nitrogens with one attached hydrogen (secondary N) is 1. The summed E-state index contributed by atoms with van der Waals surface area (Å²) in [6, 6.07) is 15.7. The number of hydrogen-bond acceptors (Lipinski definition) is 4. The van der Waals surface area contributed by atoms with Crippen molar-refractivity contribution in [1.82, 2.24) is 9.62 Å². The third kappa shape index (κ3) is 6.21. The van der Waals surface area contributed by atoms with Crippen LogP contribution in [-0.2, 0) is 22.2 Å². The van der Waals surface area contributed by atoms with E-state index in [2.05, 4.69) is 45.8 Å². The molecule has 28 heavy (non-hydrogen) atoms. The highest BCUT2D eigenvalue weighted by molar-refractivity contribution is 7.88. The maximum atomic E-state index is 12.2. The minimum Gasteiger partial charge on any atom is -0.369 e. The second-order valence-corrected chi connectivity index (χ2v) is 9.52. The van der Waals surface area contributed by atoms with Gasteiger partial charge >= 0.3 is 0 Å². The van der Waals surface area contributed by atoms with Crippen LogP contribution in [0.25, 0.3) is 0 Å². The molecule has 0 unspecified atom stereocenters. The van der Waals surface area contributed by atoms with Crippen molar-refractivity contribution in [1.29, 1.82) is 0 Å². The number of rotatable bonds is 8. The molecule has 1 fully saturated rings. The molecule has 0 aromatic heterocycles. The summed E-state index contributed by atoms with van der Waals surface area (Å²) >= 11 is 6.05. The standard InChI is InChI=1S/C21H28ClN3O2S/c1-24-13-15-25(16-14-24)20-10-8-18(9-11-20)5-4-12-23-28(26,27)17-19-6-2-3-7-21(19)22/h2-3,6-11,23H,4-5,12-17H2,1H3. The predicted octanol–water partition coefficient (Wildman–Crippen LogP) is 3.14. The average Bonchev–Trinajstić information content (AvgIpc) is 2.68. The van der Waals surface area contributed by atoms with Crippen LogP contribution in [0.15, 0.2) is 48.5 Å². The Morgan fingerprint density at radius 3 is 2.36 bits per heavy atom. The van der Waals surface area contributed by atoms with Crippen molar-refractivity contribution in [3.05, 3.63) is 64.7 Å². The molecule has 1 aliphatic heterocycles. The molecule has 1 heterocycles. The molecule has 1 aliphatic rings. The van der Waals surface area contributed by atoms with Crippen molar-refractivity contribution in [3.8, 4) is 0 Å². The van der Waals surface area contributed by atoms with Crippen LogP contribution in [0.4, 0.5) is 5.69 Å². The SMILES string of the molecule is CN1CCN(c2ccc(CCCNS(=O)(=O)Cc3ccccc3Cl)cc2)CC1. The molecular weight excluding hydrogens is 394 g/mol. The number of nitrogens with zero attached hydrogens (tertiary/aromatic N) is 2. The molecule has 0 amide bonds. The van der Waals surface area contributed by atoms with Crippen molar-refractivity contribution in [2.75, 3.05) is 44.7 Å². The van der Waals surface area contributed by atoms with Gasteiger partial charge < -0.3 is 9.80 Å². The topological polar surface area (TPSA) is 52.6 Å². The summed E-state index contributed by atoms with van der Waals surface area (Å²) < 4.78 is 27.1. The van der Waals surface area contributed by atoms with Crippen LogP contribution in [0.5, 0.6) is 0 Å². The molecule has 2 aromatic carbocycles. The highest BCUT2D eigenvalue weighted by Gasteiger charge is 2.14. The number of halogens is 1. The molecule has 7 heteroatoms. The molecule has 1 N–H and O–H groups in total. The predicted molar refractivity (Wildman–Crippen MR) is 117 cm³/mol. The van der Waals surface area contributed by atoms with Crippen LogP contribution >= 0.6 is 11.6 Å². The lowest BCUT2D eigenvalue weighted by Gasteiger charge is -2.34. The minimum absolute atomic E-state index is 0.0909. The first-order chi connectivity index (χ1) is 13.4. The van der Waals surface area contributed by atoms with Gasteiger partial charge in [0.15, 0.2) is 0 Å². The lowest BCUT2D eigenvalue weighted by atomic mass is 10.1. The van der Waals surface area contributed by atoms with Crippen LogP contribution in [0.1, 0.15) is 17.5 Å². The zero-order valence-corrected chi connectivity index (χ0v) is 17.8. The van der Waals surface area contributed by atoms with Gasteiger partial charge in [0, 0.05) is 43.4 Å². The molecule has 5 nitrogen and oxygen atoms in total. The highest BCUT2D eigenvalue weighted by atomic mass is 35.5. The molecule has 0 spiro atoms. The normalized spacial score (nSPS) is 15.7. The van der Waals surface area contributed by atoms with Gasteiger partial charge in [0.05, 0.1) is 5.75 Å². The minimum atomic E-state index is -3.38. The van der Waals surface area contributed by atoms with Gasteiger partial charge in [-0.2, -0.15) is 0 Å². The van der Waals surface area contributed by atoms with E-state index in [4.69, 9.17) is 11.6 Å². The second kappa shape index (κ2) is 9.74. The third-order valence-corrected chi connectivity index (χ3v) is 6.78. The number of aryl methyl sites for hydroxylation is 1. The summed E-state index contributed by atoms with van der Waals surface area (Å²) in [5.74, 6) is -0.0909. The van der Waals surface area contributed by atoms with E-state index in [0.29, 0.717) is 17.1 Å². The Labute approximate surface area is 173 Å². The summed E-state index contributed by atoms with van der Waals surface area (Å²) in [5.41, 5.74) is 3.11. The summed E-state index contributed by atoms with van der Waals surface area (Å²) in [6.07, 6.45) is 1.60. The second-order valence-electron chi connectivity index (χ2n) is 7.31. The van der Waals surface area contributed by atoms with E-state index in [1.165, 1.54) is 11.3 Å². The average molecular weight is 422 g/mol. The van der Waals surface area contributed by atoms with Crippen LogP contribution in [0, 0.1) is 0 Å². The smallest absolute Gasteiger partial charge is 0.215 e. The summed E-state index contributed by atoms with van der Waals surface area (Å²) in [5, 5.41) is 0.480. The third-order valence-electron chi connectivity index (χ3n) is 5.07. The molecule has 152 valence electrons. The van der Waals surface area contributed by atoms with Gasteiger partial charge in [-0.25, -0.2) is 13.1 Å². The van der Waals surface area contributed by atoms with Crippen molar-refractivity contribution in [2.45, 2.75) is 18.6 Å². The lowest BCUT2D eigenvalue weighted by molar-refractivity contribution is 0.313. The molecule has 1 saturated heterocycles. The number of piperazine rings is 1. The van der Waals surface area contributed by atoms with E-state index < -0.39 is 10.0 Å². The van der Waals surface area contributed by atoms with E-state index in [9.17, 15) is 8.42 Å². The summed E-state index contributed by atoms with van der Waals surface area (Å²) in [4.78, 5) is 4.75. The van der Waals surface area contributed by atoms with E-state index in [-0.39, 0.29) is 5.75 Å². The molecule has 0 atom stereocenters. The summed E-state index contributed by atoms with van der Waals surface area (Å²) in [7, 11) is -1.23. The Morgan fingerprint density at radius 2 is 1.68 bits per heavy atom. The highest BCUT2D eigenvalue weighted by Crippen LogP contribution is 2.18. The van der Waals surface area contributed by atoms with Gasteiger partial charge in [-0.15, -0.1) is 0 Å². The van der Waals surface area contributed by atoms with Gasteiger partial charge in [-0.05, 0) is 49.2 Å². The van der Waals surface area contributed by atoms with E-state index in [1.54, 1.807) is 24.3 Å². The molecule has 3 rings (SSSR count). The van der Waals surface area contributed by atoms with E-state index in [0.717, 1.165) is 39.0 Å². The number of likely N-dealkylation sites (N-methyl/N-ethyl adjacent to an activating group) is 1. The van der Waals surface area contributed by atoms with Gasteiger partial charge in [0.25, 0.3) is 0 Å². The Morgan fingerprint density at radius 1 is 1.00 bits per heavy atom. The Bertz CT molecular complexity index is 863. The number of benzene rings is 2. The van der Waals surface area contributed by atoms with Gasteiger partial charge in [-0.1, -0.05) is 41.9 Å². The molecule has 0 bridgehead atoms. The first kappa shape index (κ1) is 21.1. The fourth-order valence-electron chi connectivity index (χ4n) is 3.33. The van der Waals surface area contributed by atoms with Crippen molar-refractivity contribution in [2.24, 2.45) is 0 Å². The Balaban J connectivity index is 1.43. The summed E-state index contributed by atoms with van der Waals surface area (Å²) in [6.45, 7) is 4.73. The molecule has 0 aliphatic carbocycles. The quantitative estimate of drug-likeness (QED) is 0.665. The Hall–Kier alpha value is -1.60. The molecule has 0 radical (unpaired) electrons. The fourth-order valence-corrected chi connectivity index (χ4v) is 4.83. The number of anilines is 1. The maximum absolute atomic E-state index is 12.2. The van der Waals surface area contributed by atoms with Gasteiger partial charge in [-0.3, -0.25) is 0 Å². The Kier molecular flexibility index (Phi) is 7.35.